The highest BCUT2D eigenvalue weighted by Gasteiger charge is 2.53. The van der Waals surface area contributed by atoms with Crippen molar-refractivity contribution in [2.75, 3.05) is 20.3 Å². The van der Waals surface area contributed by atoms with E-state index in [1.165, 1.54) is 30.7 Å². The number of methoxy groups -OCH3 is 1. The molecule has 0 aromatic heterocycles. The molecule has 8 heteroatoms. The number of carbonyl (C=O) groups excluding carboxylic acids is 2. The van der Waals surface area contributed by atoms with Crippen LogP contribution in [-0.2, 0) is 23.9 Å². The number of carbonyl (C=O) groups is 3. The zero-order chi connectivity index (χ0) is 15.7. The number of aliphatic carboxylic acids is 1. The van der Waals surface area contributed by atoms with E-state index in [-0.39, 0.29) is 30.2 Å². The number of thioether (sulfide) groups is 1. The van der Waals surface area contributed by atoms with Gasteiger partial charge in [0.05, 0.1) is 12.2 Å². The SMILES string of the molecule is COCC1=C(C(=O)O)N2C(=O)/C(=C(\C)COC(C)=O)[C@H]2S1. The molecule has 1 N–H and O–H groups in total. The fourth-order valence-electron chi connectivity index (χ4n) is 2.20. The molecular formula is C13H15NO6S. The molecule has 0 unspecified atom stereocenters. The fourth-order valence-corrected chi connectivity index (χ4v) is 3.68. The van der Waals surface area contributed by atoms with Gasteiger partial charge in [0.25, 0.3) is 5.91 Å². The third-order valence-corrected chi connectivity index (χ3v) is 4.38. The van der Waals surface area contributed by atoms with Gasteiger partial charge in [-0.15, -0.1) is 0 Å². The molecule has 2 aliphatic rings. The monoisotopic (exact) mass is 313 g/mol. The van der Waals surface area contributed by atoms with Crippen LogP contribution in [0.25, 0.3) is 0 Å². The second-order valence-electron chi connectivity index (χ2n) is 4.63. The van der Waals surface area contributed by atoms with E-state index in [1.54, 1.807) is 6.92 Å². The van der Waals surface area contributed by atoms with Crippen LogP contribution >= 0.6 is 11.8 Å². The molecule has 1 amide bonds. The molecule has 0 bridgehead atoms. The molecule has 2 rings (SSSR count). The van der Waals surface area contributed by atoms with Crippen LogP contribution in [0.3, 0.4) is 0 Å². The highest BCUT2D eigenvalue weighted by Crippen LogP contribution is 2.49. The van der Waals surface area contributed by atoms with Crippen molar-refractivity contribution < 1.29 is 29.0 Å². The van der Waals surface area contributed by atoms with Gasteiger partial charge in [0, 0.05) is 18.9 Å². The van der Waals surface area contributed by atoms with E-state index in [2.05, 4.69) is 0 Å². The van der Waals surface area contributed by atoms with Crippen LogP contribution in [0, 0.1) is 0 Å². The van der Waals surface area contributed by atoms with E-state index < -0.39 is 11.9 Å². The number of carboxylic acids is 1. The molecule has 1 atom stereocenters. The summed E-state index contributed by atoms with van der Waals surface area (Å²) in [4.78, 5) is 36.1. The van der Waals surface area contributed by atoms with Crippen LogP contribution in [-0.4, -0.2) is 53.5 Å². The predicted octanol–water partition coefficient (Wildman–Crippen LogP) is 0.724. The number of β-lactam (4-membered cyclic amide) rings is 1. The molecule has 1 fully saturated rings. The molecule has 0 aliphatic carbocycles. The second-order valence-corrected chi connectivity index (χ2v) is 5.80. The van der Waals surface area contributed by atoms with E-state index in [0.29, 0.717) is 16.1 Å². The minimum Gasteiger partial charge on any atom is -0.477 e. The summed E-state index contributed by atoms with van der Waals surface area (Å²) in [5, 5.41) is 8.87. The Balaban J connectivity index is 2.23. The summed E-state index contributed by atoms with van der Waals surface area (Å²) in [5.41, 5.74) is 1.10. The number of rotatable bonds is 5. The first-order valence-electron chi connectivity index (χ1n) is 6.17. The van der Waals surface area contributed by atoms with Crippen molar-refractivity contribution in [3.8, 4) is 0 Å². The summed E-state index contributed by atoms with van der Waals surface area (Å²) >= 11 is 1.28. The number of hydrogen-bond acceptors (Lipinski definition) is 6. The van der Waals surface area contributed by atoms with Gasteiger partial charge in [-0.3, -0.25) is 14.5 Å². The summed E-state index contributed by atoms with van der Waals surface area (Å²) in [7, 11) is 1.47. The molecule has 7 nitrogen and oxygen atoms in total. The van der Waals surface area contributed by atoms with Gasteiger partial charge in [0.15, 0.2) is 0 Å². The lowest BCUT2D eigenvalue weighted by molar-refractivity contribution is -0.141. The first-order valence-corrected chi connectivity index (χ1v) is 7.05. The van der Waals surface area contributed by atoms with Crippen molar-refractivity contribution in [3.63, 3.8) is 0 Å². The average Bonchev–Trinajstić information content (AvgIpc) is 2.72. The maximum absolute atomic E-state index is 12.2. The predicted molar refractivity (Wildman–Crippen MR) is 74.1 cm³/mol. The Morgan fingerprint density at radius 1 is 1.38 bits per heavy atom. The van der Waals surface area contributed by atoms with Crippen LogP contribution < -0.4 is 0 Å². The molecular weight excluding hydrogens is 298 g/mol. The van der Waals surface area contributed by atoms with Crippen LogP contribution in [0.15, 0.2) is 21.7 Å². The van der Waals surface area contributed by atoms with Gasteiger partial charge in [0.1, 0.15) is 17.7 Å². The summed E-state index contributed by atoms with van der Waals surface area (Å²) in [6.07, 6.45) is 0. The highest BCUT2D eigenvalue weighted by molar-refractivity contribution is 8.04. The zero-order valence-corrected chi connectivity index (χ0v) is 12.7. The van der Waals surface area contributed by atoms with Crippen molar-refractivity contribution in [2.45, 2.75) is 19.2 Å². The van der Waals surface area contributed by atoms with E-state index in [9.17, 15) is 19.5 Å². The Kier molecular flexibility index (Phi) is 4.38. The average molecular weight is 313 g/mol. The number of hydrogen-bond donors (Lipinski definition) is 1. The van der Waals surface area contributed by atoms with Gasteiger partial charge in [-0.05, 0) is 12.5 Å². The van der Waals surface area contributed by atoms with E-state index >= 15 is 0 Å². The lowest BCUT2D eigenvalue weighted by Gasteiger charge is -2.38. The summed E-state index contributed by atoms with van der Waals surface area (Å²) in [5.74, 6) is -1.94. The van der Waals surface area contributed by atoms with Crippen LogP contribution in [0.2, 0.25) is 0 Å². The Labute approximate surface area is 125 Å². The zero-order valence-electron chi connectivity index (χ0n) is 11.8. The molecule has 0 spiro atoms. The summed E-state index contributed by atoms with van der Waals surface area (Å²) in [6.45, 7) is 3.16. The number of carboxylic acid groups (broad SMARTS) is 1. The van der Waals surface area contributed by atoms with Crippen LogP contribution in [0.1, 0.15) is 13.8 Å². The molecule has 2 aliphatic heterocycles. The van der Waals surface area contributed by atoms with Gasteiger partial charge in [0.2, 0.25) is 0 Å². The minimum atomic E-state index is -1.15. The first kappa shape index (κ1) is 15.6. The Bertz CT molecular complexity index is 579. The second kappa shape index (κ2) is 5.90. The maximum Gasteiger partial charge on any atom is 0.353 e. The third-order valence-electron chi connectivity index (χ3n) is 3.12. The quantitative estimate of drug-likeness (QED) is 0.454. The van der Waals surface area contributed by atoms with E-state index in [0.717, 1.165) is 0 Å². The topological polar surface area (TPSA) is 93.1 Å². The van der Waals surface area contributed by atoms with E-state index in [1.807, 2.05) is 0 Å². The van der Waals surface area contributed by atoms with Crippen molar-refractivity contribution in [3.05, 3.63) is 21.7 Å². The lowest BCUT2D eigenvalue weighted by atomic mass is 9.99. The van der Waals surface area contributed by atoms with Crippen LogP contribution in [0.4, 0.5) is 0 Å². The van der Waals surface area contributed by atoms with Gasteiger partial charge in [-0.25, -0.2) is 4.79 Å². The molecule has 2 heterocycles. The standard InChI is InChI=1S/C13H15NO6S/c1-6(4-20-7(2)15)9-11(16)14-10(13(17)18)8(5-19-3)21-12(9)14/h12H,4-5H2,1-3H3,(H,17,18)/b9-6-/t12-/m1/s1. The molecule has 0 aromatic carbocycles. The van der Waals surface area contributed by atoms with Crippen molar-refractivity contribution >= 4 is 29.6 Å². The summed E-state index contributed by atoms with van der Waals surface area (Å²) in [6, 6.07) is 0. The van der Waals surface area contributed by atoms with Crippen molar-refractivity contribution in [1.82, 2.24) is 4.90 Å². The molecule has 114 valence electrons. The maximum atomic E-state index is 12.2. The van der Waals surface area contributed by atoms with Gasteiger partial charge >= 0.3 is 11.9 Å². The molecule has 0 saturated carbocycles. The molecule has 21 heavy (non-hydrogen) atoms. The number of fused-ring (bicyclic) bond motifs is 1. The minimum absolute atomic E-state index is 0.0270. The van der Waals surface area contributed by atoms with Crippen molar-refractivity contribution in [2.24, 2.45) is 0 Å². The third kappa shape index (κ3) is 2.68. The Hall–Kier alpha value is -1.80. The number of esters is 1. The normalized spacial score (nSPS) is 22.9. The Morgan fingerprint density at radius 2 is 2.05 bits per heavy atom. The number of nitrogens with zero attached hydrogens (tertiary/aromatic N) is 1. The number of ether oxygens (including phenoxy) is 2. The van der Waals surface area contributed by atoms with Crippen LogP contribution in [0.5, 0.6) is 0 Å². The number of amides is 1. The Morgan fingerprint density at radius 3 is 2.57 bits per heavy atom. The molecule has 0 aromatic rings. The van der Waals surface area contributed by atoms with Gasteiger partial charge in [-0.1, -0.05) is 11.8 Å². The summed E-state index contributed by atoms with van der Waals surface area (Å²) < 4.78 is 9.85. The van der Waals surface area contributed by atoms with Gasteiger partial charge in [-0.2, -0.15) is 0 Å². The molecule has 0 radical (unpaired) electrons. The fraction of sp³-hybridized carbons (Fsp3) is 0.462. The van der Waals surface area contributed by atoms with E-state index in [4.69, 9.17) is 9.47 Å². The highest BCUT2D eigenvalue weighted by atomic mass is 32.2. The van der Waals surface area contributed by atoms with Crippen molar-refractivity contribution in [1.29, 1.82) is 0 Å². The lowest BCUT2D eigenvalue weighted by Crippen LogP contribution is -2.52. The first-order chi connectivity index (χ1) is 9.88. The smallest absolute Gasteiger partial charge is 0.353 e. The van der Waals surface area contributed by atoms with Gasteiger partial charge < -0.3 is 14.6 Å². The largest absolute Gasteiger partial charge is 0.477 e. The molecule has 1 saturated heterocycles.